The van der Waals surface area contributed by atoms with Gasteiger partial charge in [0.05, 0.1) is 5.69 Å². The number of benzene rings is 2. The average molecular weight is 472 g/mol. The molecule has 0 spiro atoms. The van der Waals surface area contributed by atoms with E-state index in [1.54, 1.807) is 12.1 Å². The van der Waals surface area contributed by atoms with E-state index >= 15 is 0 Å². The number of hydrogen-bond donors (Lipinski definition) is 0. The van der Waals surface area contributed by atoms with Crippen molar-refractivity contribution < 1.29 is 14.0 Å². The highest BCUT2D eigenvalue weighted by Crippen LogP contribution is 2.40. The van der Waals surface area contributed by atoms with Crippen molar-refractivity contribution in [2.75, 3.05) is 11.5 Å². The molecule has 0 bridgehead atoms. The predicted molar refractivity (Wildman–Crippen MR) is 142 cm³/mol. The molecule has 176 valence electrons. The van der Waals surface area contributed by atoms with Crippen LogP contribution in [0.15, 0.2) is 60.7 Å². The van der Waals surface area contributed by atoms with Gasteiger partial charge in [-0.2, -0.15) is 0 Å². The van der Waals surface area contributed by atoms with E-state index in [1.807, 2.05) is 48.5 Å². The number of fused-ring (bicyclic) bond motifs is 1. The van der Waals surface area contributed by atoms with Crippen molar-refractivity contribution in [1.82, 2.24) is 0 Å². The lowest BCUT2D eigenvalue weighted by Gasteiger charge is -2.37. The number of allylic oxidation sites excluding steroid dienone is 1. The Morgan fingerprint density at radius 1 is 1.09 bits per heavy atom. The van der Waals surface area contributed by atoms with Crippen molar-refractivity contribution in [2.24, 2.45) is 5.92 Å². The Morgan fingerprint density at radius 2 is 1.74 bits per heavy atom. The maximum absolute atomic E-state index is 13.1. The fourth-order valence-corrected chi connectivity index (χ4v) is 4.73. The number of amides is 1. The second-order valence-corrected chi connectivity index (χ2v) is 14.7. The van der Waals surface area contributed by atoms with Gasteiger partial charge in [0.15, 0.2) is 8.32 Å². The molecule has 0 unspecified atom stereocenters. The van der Waals surface area contributed by atoms with E-state index in [0.29, 0.717) is 24.5 Å². The van der Waals surface area contributed by atoms with Crippen LogP contribution in [0.3, 0.4) is 0 Å². The number of carbonyl (C=O) groups excluding carboxylic acids is 1. The fraction of sp³-hybridized carbons (Fsp3) is 0.345. The molecule has 0 aliphatic carbocycles. The second-order valence-electron chi connectivity index (χ2n) is 9.92. The summed E-state index contributed by atoms with van der Waals surface area (Å²) >= 11 is 0. The Labute approximate surface area is 205 Å². The Kier molecular flexibility index (Phi) is 7.72. The van der Waals surface area contributed by atoms with Crippen molar-refractivity contribution in [3.05, 3.63) is 66.2 Å². The maximum atomic E-state index is 13.1. The summed E-state index contributed by atoms with van der Waals surface area (Å²) in [5, 5.41) is 0.128. The van der Waals surface area contributed by atoms with Gasteiger partial charge in [-0.1, -0.05) is 69.0 Å². The highest BCUT2D eigenvalue weighted by Gasteiger charge is 2.38. The molecular weight excluding hydrogens is 438 g/mol. The molecule has 0 aromatic heterocycles. The molecule has 1 aliphatic heterocycles. The quantitative estimate of drug-likeness (QED) is 0.345. The number of terminal acetylenes is 2. The fourth-order valence-electron chi connectivity index (χ4n) is 3.67. The number of rotatable bonds is 6. The molecule has 3 rings (SSSR count). The van der Waals surface area contributed by atoms with Crippen LogP contribution in [0.5, 0.6) is 5.75 Å². The van der Waals surface area contributed by atoms with E-state index in [1.165, 1.54) is 4.90 Å². The van der Waals surface area contributed by atoms with Gasteiger partial charge in [-0.15, -0.1) is 12.8 Å². The molecule has 2 aromatic carbocycles. The third-order valence-corrected chi connectivity index (χ3v) is 11.2. The molecule has 0 N–H and O–H groups in total. The van der Waals surface area contributed by atoms with Crippen LogP contribution >= 0.6 is 0 Å². The van der Waals surface area contributed by atoms with Crippen LogP contribution in [0.4, 0.5) is 10.5 Å². The molecular formula is C29H33NO3Si. The van der Waals surface area contributed by atoms with Gasteiger partial charge in [0.1, 0.15) is 11.8 Å². The molecule has 34 heavy (non-hydrogen) atoms. The SMILES string of the molecule is C#C[C@@H](CCO[Si](C)(C)C(C)(C)C)C1=C[C@H](C#C)N(C(=O)Oc2ccccc2)c2ccccc21. The summed E-state index contributed by atoms with van der Waals surface area (Å²) in [6.07, 6.45) is 13.9. The van der Waals surface area contributed by atoms with Gasteiger partial charge in [-0.3, -0.25) is 4.90 Å². The minimum Gasteiger partial charge on any atom is -0.417 e. The third kappa shape index (κ3) is 5.45. The number of hydrogen-bond acceptors (Lipinski definition) is 3. The van der Waals surface area contributed by atoms with Crippen molar-refractivity contribution in [3.8, 4) is 30.4 Å². The molecule has 2 aromatic rings. The molecule has 0 fully saturated rings. The van der Waals surface area contributed by atoms with Gasteiger partial charge in [0, 0.05) is 18.1 Å². The Bertz CT molecular complexity index is 1130. The van der Waals surface area contributed by atoms with E-state index in [4.69, 9.17) is 22.0 Å². The van der Waals surface area contributed by atoms with Crippen molar-refractivity contribution >= 4 is 25.7 Å². The van der Waals surface area contributed by atoms with E-state index < -0.39 is 20.5 Å². The summed E-state index contributed by atoms with van der Waals surface area (Å²) in [5.74, 6) is 5.93. The Balaban J connectivity index is 1.87. The van der Waals surface area contributed by atoms with Gasteiger partial charge >= 0.3 is 6.09 Å². The van der Waals surface area contributed by atoms with Gasteiger partial charge in [-0.25, -0.2) is 4.79 Å². The number of ether oxygens (including phenoxy) is 1. The van der Waals surface area contributed by atoms with E-state index in [9.17, 15) is 4.79 Å². The predicted octanol–water partition coefficient (Wildman–Crippen LogP) is 6.75. The highest BCUT2D eigenvalue weighted by molar-refractivity contribution is 6.74. The summed E-state index contributed by atoms with van der Waals surface area (Å²) in [7, 11) is -1.88. The summed E-state index contributed by atoms with van der Waals surface area (Å²) in [6.45, 7) is 11.7. The van der Waals surface area contributed by atoms with E-state index in [0.717, 1.165) is 11.1 Å². The number of carbonyl (C=O) groups is 1. The topological polar surface area (TPSA) is 38.8 Å². The minimum absolute atomic E-state index is 0.128. The largest absolute Gasteiger partial charge is 0.421 e. The first-order valence-electron chi connectivity index (χ1n) is 11.5. The first-order valence-corrected chi connectivity index (χ1v) is 14.4. The number of anilines is 1. The van der Waals surface area contributed by atoms with Crippen LogP contribution in [-0.4, -0.2) is 27.1 Å². The van der Waals surface area contributed by atoms with Crippen LogP contribution in [0.2, 0.25) is 18.1 Å². The van der Waals surface area contributed by atoms with Crippen LogP contribution < -0.4 is 9.64 Å². The van der Waals surface area contributed by atoms with Crippen molar-refractivity contribution in [1.29, 1.82) is 0 Å². The molecule has 2 atom stereocenters. The smallest absolute Gasteiger partial charge is 0.417 e. The zero-order chi connectivity index (χ0) is 24.9. The highest BCUT2D eigenvalue weighted by atomic mass is 28.4. The van der Waals surface area contributed by atoms with Gasteiger partial charge in [0.2, 0.25) is 0 Å². The third-order valence-electron chi connectivity index (χ3n) is 6.66. The molecule has 1 amide bonds. The standard InChI is InChI=1S/C29H33NO3Si/c1-8-22(19-20-32-34(6,7)29(3,4)5)26-21-23(9-2)30(27-18-14-13-17-25(26)27)28(31)33-24-15-11-10-12-16-24/h1-2,10-18,21-23H,19-20H2,3-7H3/t22-,23-/m0/s1. The average Bonchev–Trinajstić information content (AvgIpc) is 2.80. The molecule has 5 heteroatoms. The lowest BCUT2D eigenvalue weighted by Crippen LogP contribution is -2.43. The van der Waals surface area contributed by atoms with Crippen LogP contribution in [0.25, 0.3) is 5.57 Å². The molecule has 1 heterocycles. The molecule has 0 radical (unpaired) electrons. The first kappa shape index (κ1) is 25.4. The van der Waals surface area contributed by atoms with Crippen LogP contribution in [0, 0.1) is 30.6 Å². The summed E-state index contributed by atoms with van der Waals surface area (Å²) < 4.78 is 12.0. The van der Waals surface area contributed by atoms with E-state index in [-0.39, 0.29) is 11.0 Å². The Morgan fingerprint density at radius 3 is 2.35 bits per heavy atom. The number of nitrogens with zero attached hydrogens (tertiary/aromatic N) is 1. The summed E-state index contributed by atoms with van der Waals surface area (Å²) in [4.78, 5) is 14.7. The summed E-state index contributed by atoms with van der Waals surface area (Å²) in [5.41, 5.74) is 2.52. The zero-order valence-electron chi connectivity index (χ0n) is 20.7. The number of para-hydroxylation sites is 2. The maximum Gasteiger partial charge on any atom is 0.421 e. The monoisotopic (exact) mass is 471 g/mol. The minimum atomic E-state index is -1.88. The first-order chi connectivity index (χ1) is 16.1. The van der Waals surface area contributed by atoms with Crippen molar-refractivity contribution in [2.45, 2.75) is 51.4 Å². The Hall–Kier alpha value is -3.25. The normalized spacial score (nSPS) is 16.5. The van der Waals surface area contributed by atoms with Crippen LogP contribution in [-0.2, 0) is 4.43 Å². The lowest BCUT2D eigenvalue weighted by molar-refractivity contribution is 0.207. The molecule has 0 saturated carbocycles. The summed E-state index contributed by atoms with van der Waals surface area (Å²) in [6, 6.07) is 16.0. The second kappa shape index (κ2) is 10.3. The molecule has 0 saturated heterocycles. The van der Waals surface area contributed by atoms with Gasteiger partial charge in [0.25, 0.3) is 0 Å². The molecule has 4 nitrogen and oxygen atoms in total. The zero-order valence-corrected chi connectivity index (χ0v) is 21.7. The van der Waals surface area contributed by atoms with Crippen molar-refractivity contribution in [3.63, 3.8) is 0 Å². The van der Waals surface area contributed by atoms with E-state index in [2.05, 4.69) is 45.7 Å². The molecule has 1 aliphatic rings. The van der Waals surface area contributed by atoms with Crippen LogP contribution in [0.1, 0.15) is 32.8 Å². The van der Waals surface area contributed by atoms with Gasteiger partial charge < -0.3 is 9.16 Å². The lowest BCUT2D eigenvalue weighted by atomic mass is 9.85. The van der Waals surface area contributed by atoms with Gasteiger partial charge in [-0.05, 0) is 54.4 Å².